The van der Waals surface area contributed by atoms with Gasteiger partial charge in [0.15, 0.2) is 0 Å². The number of carboxylic acids is 1. The summed E-state index contributed by atoms with van der Waals surface area (Å²) >= 11 is 0. The van der Waals surface area contributed by atoms with Crippen LogP contribution in [0.3, 0.4) is 0 Å². The van der Waals surface area contributed by atoms with E-state index in [9.17, 15) is 19.1 Å². The SMILES string of the molecule is CN(C(=O)c1cc(F)ccc1O)C1COCC1C(=O)O. The minimum absolute atomic E-state index is 0.0206. The topological polar surface area (TPSA) is 87.1 Å². The number of carbonyl (C=O) groups is 2. The Balaban J connectivity index is 2.24. The van der Waals surface area contributed by atoms with Gasteiger partial charge in [-0.3, -0.25) is 9.59 Å². The first-order chi connectivity index (χ1) is 9.41. The van der Waals surface area contributed by atoms with Crippen molar-refractivity contribution in [1.29, 1.82) is 0 Å². The fraction of sp³-hybridized carbons (Fsp3) is 0.385. The predicted octanol–water partition coefficient (Wildman–Crippen LogP) is 0.703. The number of nitrogens with zero attached hydrogens (tertiary/aromatic N) is 1. The Morgan fingerprint density at radius 1 is 1.40 bits per heavy atom. The van der Waals surface area contributed by atoms with Crippen molar-refractivity contribution in [2.45, 2.75) is 6.04 Å². The molecular weight excluding hydrogens is 269 g/mol. The lowest BCUT2D eigenvalue weighted by atomic mass is 10.0. The molecule has 2 atom stereocenters. The van der Waals surface area contributed by atoms with Gasteiger partial charge >= 0.3 is 5.97 Å². The number of halogens is 1. The van der Waals surface area contributed by atoms with Gasteiger partial charge in [0.2, 0.25) is 0 Å². The van der Waals surface area contributed by atoms with Crippen LogP contribution in [0.25, 0.3) is 0 Å². The second-order valence-corrected chi connectivity index (χ2v) is 4.63. The number of carbonyl (C=O) groups excluding carboxylic acids is 1. The Kier molecular flexibility index (Phi) is 3.89. The third-order valence-electron chi connectivity index (χ3n) is 3.37. The molecule has 108 valence electrons. The molecule has 0 radical (unpaired) electrons. The summed E-state index contributed by atoms with van der Waals surface area (Å²) in [6.07, 6.45) is 0. The average Bonchev–Trinajstić information content (AvgIpc) is 2.89. The molecule has 0 saturated carbocycles. The number of ether oxygens (including phenoxy) is 1. The maximum Gasteiger partial charge on any atom is 0.311 e. The van der Waals surface area contributed by atoms with E-state index in [-0.39, 0.29) is 24.5 Å². The number of benzene rings is 1. The van der Waals surface area contributed by atoms with E-state index in [1.54, 1.807) is 0 Å². The van der Waals surface area contributed by atoms with Gasteiger partial charge in [0, 0.05) is 7.05 Å². The lowest BCUT2D eigenvalue weighted by Crippen LogP contribution is -2.44. The quantitative estimate of drug-likeness (QED) is 0.852. The van der Waals surface area contributed by atoms with E-state index in [1.165, 1.54) is 11.9 Å². The van der Waals surface area contributed by atoms with Crippen LogP contribution in [-0.2, 0) is 9.53 Å². The number of hydrogen-bond acceptors (Lipinski definition) is 4. The van der Waals surface area contributed by atoms with Crippen LogP contribution in [0.1, 0.15) is 10.4 Å². The summed E-state index contributed by atoms with van der Waals surface area (Å²) in [7, 11) is 1.40. The summed E-state index contributed by atoms with van der Waals surface area (Å²) in [6.45, 7) is 0.113. The van der Waals surface area contributed by atoms with Crippen LogP contribution in [0.2, 0.25) is 0 Å². The number of amides is 1. The van der Waals surface area contributed by atoms with Crippen LogP contribution in [0.4, 0.5) is 4.39 Å². The molecule has 6 nitrogen and oxygen atoms in total. The first kappa shape index (κ1) is 14.3. The summed E-state index contributed by atoms with van der Waals surface area (Å²) in [6, 6.07) is 2.38. The second-order valence-electron chi connectivity index (χ2n) is 4.63. The Morgan fingerprint density at radius 3 is 2.75 bits per heavy atom. The molecule has 1 aromatic rings. The molecule has 0 spiro atoms. The number of phenols is 1. The number of rotatable bonds is 3. The number of phenolic OH excluding ortho intramolecular Hbond substituents is 1. The standard InChI is InChI=1S/C13H14FNO5/c1-15(10-6-20-5-9(10)13(18)19)12(17)8-4-7(14)2-3-11(8)16/h2-4,9-10,16H,5-6H2,1H3,(H,18,19). The molecule has 1 heterocycles. The van der Waals surface area contributed by atoms with E-state index in [0.29, 0.717) is 0 Å². The highest BCUT2D eigenvalue weighted by molar-refractivity contribution is 5.97. The van der Waals surface area contributed by atoms with Gasteiger partial charge in [0.25, 0.3) is 5.91 Å². The summed E-state index contributed by atoms with van der Waals surface area (Å²) in [5.41, 5.74) is -0.205. The van der Waals surface area contributed by atoms with Crippen molar-refractivity contribution in [2.24, 2.45) is 5.92 Å². The van der Waals surface area contributed by atoms with Gasteiger partial charge in [-0.1, -0.05) is 0 Å². The molecule has 2 unspecified atom stereocenters. The van der Waals surface area contributed by atoms with Crippen molar-refractivity contribution in [3.63, 3.8) is 0 Å². The Hall–Kier alpha value is -2.15. The van der Waals surface area contributed by atoms with Crippen molar-refractivity contribution in [3.05, 3.63) is 29.6 Å². The summed E-state index contributed by atoms with van der Waals surface area (Å²) < 4.78 is 18.2. The summed E-state index contributed by atoms with van der Waals surface area (Å²) in [5.74, 6) is -3.55. The number of likely N-dealkylation sites (N-methyl/N-ethyl adjacent to an activating group) is 1. The van der Waals surface area contributed by atoms with Crippen LogP contribution >= 0.6 is 0 Å². The van der Waals surface area contributed by atoms with Gasteiger partial charge in [-0.25, -0.2) is 4.39 Å². The molecule has 2 N–H and O–H groups in total. The molecule has 1 fully saturated rings. The fourth-order valence-corrected chi connectivity index (χ4v) is 2.18. The van der Waals surface area contributed by atoms with Crippen LogP contribution in [0.15, 0.2) is 18.2 Å². The predicted molar refractivity (Wildman–Crippen MR) is 65.9 cm³/mol. The first-order valence-electron chi connectivity index (χ1n) is 5.98. The van der Waals surface area contributed by atoms with E-state index in [4.69, 9.17) is 9.84 Å². The van der Waals surface area contributed by atoms with Gasteiger partial charge in [-0.2, -0.15) is 0 Å². The van der Waals surface area contributed by atoms with E-state index >= 15 is 0 Å². The highest BCUT2D eigenvalue weighted by Gasteiger charge is 2.39. The smallest absolute Gasteiger partial charge is 0.311 e. The Bertz CT molecular complexity index is 548. The van der Waals surface area contributed by atoms with Crippen LogP contribution in [-0.4, -0.2) is 53.3 Å². The van der Waals surface area contributed by atoms with E-state index in [0.717, 1.165) is 18.2 Å². The number of aromatic hydroxyl groups is 1. The van der Waals surface area contributed by atoms with Crippen molar-refractivity contribution >= 4 is 11.9 Å². The molecule has 0 aromatic heterocycles. The zero-order valence-corrected chi connectivity index (χ0v) is 10.7. The highest BCUT2D eigenvalue weighted by Crippen LogP contribution is 2.24. The van der Waals surface area contributed by atoms with Gasteiger partial charge in [-0.05, 0) is 18.2 Å². The van der Waals surface area contributed by atoms with E-state index in [1.807, 2.05) is 0 Å². The van der Waals surface area contributed by atoms with Gasteiger partial charge in [0.1, 0.15) is 17.5 Å². The molecule has 1 aliphatic rings. The lowest BCUT2D eigenvalue weighted by Gasteiger charge is -2.26. The lowest BCUT2D eigenvalue weighted by molar-refractivity contribution is -0.142. The molecule has 0 bridgehead atoms. The molecule has 0 aliphatic carbocycles. The number of carboxylic acid groups (broad SMARTS) is 1. The van der Waals surface area contributed by atoms with Crippen molar-refractivity contribution in [1.82, 2.24) is 4.90 Å². The Morgan fingerprint density at radius 2 is 2.10 bits per heavy atom. The minimum atomic E-state index is -1.06. The normalized spacial score (nSPS) is 21.7. The fourth-order valence-electron chi connectivity index (χ4n) is 2.18. The highest BCUT2D eigenvalue weighted by atomic mass is 19.1. The van der Waals surface area contributed by atoms with E-state index in [2.05, 4.69) is 0 Å². The third-order valence-corrected chi connectivity index (χ3v) is 3.37. The monoisotopic (exact) mass is 283 g/mol. The van der Waals surface area contributed by atoms with Crippen LogP contribution < -0.4 is 0 Å². The van der Waals surface area contributed by atoms with Crippen LogP contribution in [0.5, 0.6) is 5.75 Å². The van der Waals surface area contributed by atoms with Crippen molar-refractivity contribution in [2.75, 3.05) is 20.3 Å². The van der Waals surface area contributed by atoms with Crippen LogP contribution in [0, 0.1) is 11.7 Å². The zero-order valence-electron chi connectivity index (χ0n) is 10.7. The van der Waals surface area contributed by atoms with Crippen molar-refractivity contribution < 1.29 is 28.9 Å². The van der Waals surface area contributed by atoms with E-state index < -0.39 is 29.7 Å². The molecule has 1 saturated heterocycles. The zero-order chi connectivity index (χ0) is 14.9. The van der Waals surface area contributed by atoms with Gasteiger partial charge in [0.05, 0.1) is 24.8 Å². The van der Waals surface area contributed by atoms with Gasteiger partial charge in [-0.15, -0.1) is 0 Å². The van der Waals surface area contributed by atoms with Crippen molar-refractivity contribution in [3.8, 4) is 5.75 Å². The number of hydrogen-bond donors (Lipinski definition) is 2. The third kappa shape index (κ3) is 2.57. The average molecular weight is 283 g/mol. The first-order valence-corrected chi connectivity index (χ1v) is 5.98. The maximum absolute atomic E-state index is 13.2. The molecular formula is C13H14FNO5. The summed E-state index contributed by atoms with van der Waals surface area (Å²) in [5, 5.41) is 18.7. The molecule has 1 aromatic carbocycles. The second kappa shape index (κ2) is 5.46. The Labute approximate surface area is 114 Å². The molecule has 7 heteroatoms. The van der Waals surface area contributed by atoms with Gasteiger partial charge < -0.3 is 19.8 Å². The number of aliphatic carboxylic acids is 1. The largest absolute Gasteiger partial charge is 0.507 e. The molecule has 1 amide bonds. The summed E-state index contributed by atoms with van der Waals surface area (Å²) in [4.78, 5) is 24.5. The molecule has 2 rings (SSSR count). The minimum Gasteiger partial charge on any atom is -0.507 e. The molecule has 1 aliphatic heterocycles. The molecule has 20 heavy (non-hydrogen) atoms. The maximum atomic E-state index is 13.2.